The summed E-state index contributed by atoms with van der Waals surface area (Å²) in [4.78, 5) is 14.3. The number of likely N-dealkylation sites (tertiary alicyclic amines) is 1. The monoisotopic (exact) mass is 454 g/mol. The Morgan fingerprint density at radius 1 is 1.18 bits per heavy atom. The van der Waals surface area contributed by atoms with E-state index < -0.39 is 0 Å². The van der Waals surface area contributed by atoms with Crippen LogP contribution in [0, 0.1) is 35.0 Å². The molecule has 2 saturated heterocycles. The fourth-order valence-corrected chi connectivity index (χ4v) is 10.2. The van der Waals surface area contributed by atoms with E-state index in [0.29, 0.717) is 41.6 Å². The molecule has 0 bridgehead atoms. The highest BCUT2D eigenvalue weighted by molar-refractivity contribution is 6.02. The molecular weight excluding hydrogens is 410 g/mol. The quantitative estimate of drug-likeness (QED) is 0.427. The smallest absolute Gasteiger partial charge is 0.163 e. The van der Waals surface area contributed by atoms with Crippen molar-refractivity contribution in [2.75, 3.05) is 20.6 Å². The van der Waals surface area contributed by atoms with Crippen molar-refractivity contribution < 1.29 is 19.1 Å². The Hall–Kier alpha value is -0.970. The first kappa shape index (κ1) is 22.5. The van der Waals surface area contributed by atoms with Gasteiger partial charge in [0.25, 0.3) is 0 Å². The third-order valence-corrected chi connectivity index (χ3v) is 11.5. The SMILES string of the molecule is CC1=C2C(=O)[C@H]3[C@@H](CC=C4C[C@@H](O)CC[C@@]43C)[C@@H]2CC[C@]12O[C@@H]1C[C@H](C)C[N+](C)(C)[C@H]1[C@H]2C. The van der Waals surface area contributed by atoms with Crippen LogP contribution in [0.2, 0.25) is 0 Å². The zero-order valence-electron chi connectivity index (χ0n) is 21.6. The molecule has 6 aliphatic rings. The molecule has 0 aromatic carbocycles. The van der Waals surface area contributed by atoms with E-state index in [1.54, 1.807) is 0 Å². The summed E-state index contributed by atoms with van der Waals surface area (Å²) in [6.45, 7) is 10.6. The fraction of sp³-hybridized carbons (Fsp3) is 0.828. The van der Waals surface area contributed by atoms with Crippen LogP contribution in [-0.2, 0) is 9.53 Å². The Kier molecular flexibility index (Phi) is 4.80. The van der Waals surface area contributed by atoms with Gasteiger partial charge in [0, 0.05) is 23.3 Å². The minimum atomic E-state index is -0.260. The summed E-state index contributed by atoms with van der Waals surface area (Å²) in [7, 11) is 4.78. The molecule has 0 radical (unpaired) electrons. The Labute approximate surface area is 200 Å². The number of hydrogen-bond acceptors (Lipinski definition) is 3. The molecule has 4 nitrogen and oxygen atoms in total. The van der Waals surface area contributed by atoms with Crippen molar-refractivity contribution >= 4 is 5.78 Å². The van der Waals surface area contributed by atoms with Crippen LogP contribution in [0.4, 0.5) is 0 Å². The summed E-state index contributed by atoms with van der Waals surface area (Å²) in [5.74, 6) is 2.47. The molecule has 1 spiro atoms. The Balaban J connectivity index is 1.40. The van der Waals surface area contributed by atoms with Crippen molar-refractivity contribution in [3.63, 3.8) is 0 Å². The molecule has 1 N–H and O–H groups in total. The van der Waals surface area contributed by atoms with Crippen molar-refractivity contribution in [3.8, 4) is 0 Å². The number of ether oxygens (including phenoxy) is 1. The third kappa shape index (κ3) is 2.84. The molecular formula is C29H44NO3+. The molecule has 0 amide bonds. The third-order valence-electron chi connectivity index (χ3n) is 11.5. The zero-order chi connectivity index (χ0) is 23.5. The number of aliphatic hydroxyl groups excluding tert-OH is 1. The average Bonchev–Trinajstić information content (AvgIpc) is 3.18. The van der Waals surface area contributed by atoms with Crippen molar-refractivity contribution in [2.45, 2.75) is 96.5 Å². The molecule has 2 heterocycles. The van der Waals surface area contributed by atoms with Gasteiger partial charge in [-0.2, -0.15) is 0 Å². The maximum Gasteiger partial charge on any atom is 0.163 e. The maximum absolute atomic E-state index is 14.3. The summed E-state index contributed by atoms with van der Waals surface area (Å²) in [6, 6.07) is 0.512. The molecule has 4 aliphatic carbocycles. The number of aliphatic hydroxyl groups is 1. The van der Waals surface area contributed by atoms with Gasteiger partial charge in [0.05, 0.1) is 32.3 Å². The number of carbonyl (C=O) groups excluding carboxylic acids is 1. The molecule has 10 atom stereocenters. The van der Waals surface area contributed by atoms with E-state index >= 15 is 0 Å². The minimum Gasteiger partial charge on any atom is -0.393 e. The van der Waals surface area contributed by atoms with E-state index in [2.05, 4.69) is 47.9 Å². The lowest BCUT2D eigenvalue weighted by Crippen LogP contribution is -2.61. The van der Waals surface area contributed by atoms with Crippen molar-refractivity contribution in [2.24, 2.45) is 35.0 Å². The summed E-state index contributed by atoms with van der Waals surface area (Å²) in [5, 5.41) is 10.3. The molecule has 182 valence electrons. The standard InChI is InChI=1S/C29H44NO3/c1-16-13-23-26(30(5,6)15-16)18(3)29(33-23)12-10-21-22-8-7-19-14-20(31)9-11-28(19,4)25(22)27(32)24(21)17(29)2/h7,16,18,20-23,25-26,31H,8-15H2,1-6H3/q+1/t16-,18+,20-,21-,22-,23+,25+,26-,28-,29-/m0/s1. The highest BCUT2D eigenvalue weighted by Gasteiger charge is 2.66. The van der Waals surface area contributed by atoms with Crippen LogP contribution in [-0.4, -0.2) is 59.9 Å². The molecule has 0 aromatic rings. The number of allylic oxidation sites excluding steroid dienone is 2. The predicted molar refractivity (Wildman–Crippen MR) is 129 cm³/mol. The van der Waals surface area contributed by atoms with E-state index in [9.17, 15) is 9.90 Å². The molecule has 0 aromatic heterocycles. The maximum atomic E-state index is 14.3. The van der Waals surface area contributed by atoms with Gasteiger partial charge in [-0.3, -0.25) is 4.79 Å². The summed E-state index contributed by atoms with van der Waals surface area (Å²) in [5.41, 5.74) is 3.47. The van der Waals surface area contributed by atoms with E-state index in [1.807, 2.05) is 0 Å². The van der Waals surface area contributed by atoms with E-state index in [4.69, 9.17) is 4.74 Å². The number of ketones is 1. The van der Waals surface area contributed by atoms with Crippen LogP contribution >= 0.6 is 0 Å². The van der Waals surface area contributed by atoms with Crippen LogP contribution in [0.15, 0.2) is 22.8 Å². The highest BCUT2D eigenvalue weighted by Crippen LogP contribution is 2.64. The van der Waals surface area contributed by atoms with Crippen LogP contribution in [0.1, 0.15) is 72.6 Å². The average molecular weight is 455 g/mol. The number of rotatable bonds is 0. The van der Waals surface area contributed by atoms with Crippen molar-refractivity contribution in [1.29, 1.82) is 0 Å². The first-order chi connectivity index (χ1) is 15.5. The second-order valence-corrected chi connectivity index (χ2v) is 13.6. The van der Waals surface area contributed by atoms with Crippen LogP contribution in [0.25, 0.3) is 0 Å². The Morgan fingerprint density at radius 2 is 1.94 bits per heavy atom. The van der Waals surface area contributed by atoms with Gasteiger partial charge >= 0.3 is 0 Å². The zero-order valence-corrected chi connectivity index (χ0v) is 21.6. The highest BCUT2D eigenvalue weighted by atomic mass is 16.5. The van der Waals surface area contributed by atoms with Gasteiger partial charge in [0.2, 0.25) is 0 Å². The van der Waals surface area contributed by atoms with Crippen LogP contribution in [0.3, 0.4) is 0 Å². The largest absolute Gasteiger partial charge is 0.393 e. The minimum absolute atomic E-state index is 0.0680. The van der Waals surface area contributed by atoms with E-state index in [-0.39, 0.29) is 23.0 Å². The first-order valence-corrected chi connectivity index (χ1v) is 13.6. The van der Waals surface area contributed by atoms with Gasteiger partial charge in [-0.1, -0.05) is 32.4 Å². The lowest BCUT2D eigenvalue weighted by Gasteiger charge is -2.48. The first-order valence-electron chi connectivity index (χ1n) is 13.6. The molecule has 2 saturated carbocycles. The Bertz CT molecular complexity index is 949. The normalized spacial score (nSPS) is 52.8. The van der Waals surface area contributed by atoms with Crippen LogP contribution < -0.4 is 0 Å². The van der Waals surface area contributed by atoms with Gasteiger partial charge in [0.1, 0.15) is 12.1 Å². The topological polar surface area (TPSA) is 46.5 Å². The fourth-order valence-electron chi connectivity index (χ4n) is 10.2. The summed E-state index contributed by atoms with van der Waals surface area (Å²) >= 11 is 0. The lowest BCUT2D eigenvalue weighted by atomic mass is 9.56. The molecule has 2 aliphatic heterocycles. The van der Waals surface area contributed by atoms with Gasteiger partial charge in [0.15, 0.2) is 5.78 Å². The number of fused-ring (bicyclic) bond motifs is 6. The van der Waals surface area contributed by atoms with Gasteiger partial charge in [-0.25, -0.2) is 0 Å². The summed E-state index contributed by atoms with van der Waals surface area (Å²) < 4.78 is 8.14. The number of carbonyl (C=O) groups is 1. The van der Waals surface area contributed by atoms with Crippen molar-refractivity contribution in [3.05, 3.63) is 22.8 Å². The van der Waals surface area contributed by atoms with Gasteiger partial charge < -0.3 is 14.3 Å². The lowest BCUT2D eigenvalue weighted by molar-refractivity contribution is -0.927. The van der Waals surface area contributed by atoms with Gasteiger partial charge in [-0.15, -0.1) is 0 Å². The number of nitrogens with zero attached hydrogens (tertiary/aromatic N) is 1. The molecule has 4 fully saturated rings. The van der Waals surface area contributed by atoms with Crippen LogP contribution in [0.5, 0.6) is 0 Å². The number of likely N-dealkylation sites (N-methyl/N-ethyl adjacent to an activating group) is 1. The second kappa shape index (κ2) is 7.04. The molecule has 0 unspecified atom stereocenters. The van der Waals surface area contributed by atoms with E-state index in [1.165, 1.54) is 17.7 Å². The predicted octanol–water partition coefficient (Wildman–Crippen LogP) is 4.67. The summed E-state index contributed by atoms with van der Waals surface area (Å²) in [6.07, 6.45) is 9.32. The molecule has 6 rings (SSSR count). The number of hydrogen-bond donors (Lipinski definition) is 1. The van der Waals surface area contributed by atoms with E-state index in [0.717, 1.165) is 55.0 Å². The van der Waals surface area contributed by atoms with Crippen molar-refractivity contribution in [1.82, 2.24) is 0 Å². The Morgan fingerprint density at radius 3 is 2.70 bits per heavy atom. The number of quaternary nitrogens is 1. The molecule has 33 heavy (non-hydrogen) atoms. The van der Waals surface area contributed by atoms with Gasteiger partial charge in [-0.05, 0) is 74.7 Å². The second-order valence-electron chi connectivity index (χ2n) is 13.6. The number of Topliss-reactive ketones (excluding diaryl/α,β-unsaturated/α-hetero) is 1. The number of piperidine rings is 1. The molecule has 4 heteroatoms.